The Balaban J connectivity index is 1.48. The number of thioether (sulfide) groups is 1. The van der Waals surface area contributed by atoms with Crippen LogP contribution in [-0.4, -0.2) is 30.7 Å². The van der Waals surface area contributed by atoms with Crippen molar-refractivity contribution in [3.8, 4) is 5.75 Å². The van der Waals surface area contributed by atoms with Gasteiger partial charge in [-0.25, -0.2) is 0 Å². The molecule has 5 nitrogen and oxygen atoms in total. The van der Waals surface area contributed by atoms with Crippen LogP contribution >= 0.6 is 11.8 Å². The van der Waals surface area contributed by atoms with Crippen molar-refractivity contribution in [1.82, 2.24) is 5.32 Å². The Hall–Kier alpha value is -3.39. The van der Waals surface area contributed by atoms with Crippen LogP contribution in [0.25, 0.3) is 0 Å². The lowest BCUT2D eigenvalue weighted by Crippen LogP contribution is -2.39. The monoisotopic (exact) mass is 468 g/mol. The summed E-state index contributed by atoms with van der Waals surface area (Å²) in [7, 11) is 0. The van der Waals surface area contributed by atoms with Gasteiger partial charge in [0.2, 0.25) is 11.8 Å². The van der Waals surface area contributed by atoms with Crippen LogP contribution in [0.1, 0.15) is 23.6 Å². The smallest absolute Gasteiger partial charge is 0.387 e. The number of carbonyl (C=O) groups is 2. The number of hydrogen-bond acceptors (Lipinski definition) is 4. The van der Waals surface area contributed by atoms with Gasteiger partial charge in [0.25, 0.3) is 0 Å². The van der Waals surface area contributed by atoms with Gasteiger partial charge in [0.05, 0.1) is 17.5 Å². The van der Waals surface area contributed by atoms with E-state index >= 15 is 0 Å². The van der Waals surface area contributed by atoms with E-state index in [1.807, 2.05) is 54.6 Å². The Morgan fingerprint density at radius 1 is 0.970 bits per heavy atom. The minimum atomic E-state index is -2.90. The van der Waals surface area contributed by atoms with E-state index in [4.69, 9.17) is 0 Å². The Morgan fingerprint density at radius 3 is 2.36 bits per heavy atom. The van der Waals surface area contributed by atoms with Crippen molar-refractivity contribution in [2.75, 3.05) is 17.2 Å². The molecule has 0 saturated carbocycles. The van der Waals surface area contributed by atoms with Crippen molar-refractivity contribution in [3.05, 3.63) is 90.0 Å². The highest BCUT2D eigenvalue weighted by atomic mass is 32.2. The molecule has 0 aromatic heterocycles. The van der Waals surface area contributed by atoms with E-state index in [9.17, 15) is 18.4 Å². The molecule has 33 heavy (non-hydrogen) atoms. The second-order valence-corrected chi connectivity index (χ2v) is 8.43. The average molecular weight is 469 g/mol. The van der Waals surface area contributed by atoms with Crippen molar-refractivity contribution >= 4 is 29.3 Å². The number of nitrogens with zero attached hydrogens (tertiary/aromatic N) is 1. The number of anilines is 1. The van der Waals surface area contributed by atoms with Gasteiger partial charge in [-0.2, -0.15) is 8.78 Å². The molecule has 1 atom stereocenters. The first-order valence-corrected chi connectivity index (χ1v) is 11.4. The van der Waals surface area contributed by atoms with E-state index in [-0.39, 0.29) is 30.5 Å². The van der Waals surface area contributed by atoms with Gasteiger partial charge in [-0.15, -0.1) is 11.8 Å². The number of carbonyl (C=O) groups excluding carboxylic acids is 2. The van der Waals surface area contributed by atoms with Crippen molar-refractivity contribution in [3.63, 3.8) is 0 Å². The highest BCUT2D eigenvalue weighted by Crippen LogP contribution is 2.35. The van der Waals surface area contributed by atoms with E-state index in [0.29, 0.717) is 5.75 Å². The van der Waals surface area contributed by atoms with E-state index in [1.54, 1.807) is 17.0 Å². The van der Waals surface area contributed by atoms with Crippen LogP contribution in [0.2, 0.25) is 0 Å². The molecule has 1 N–H and O–H groups in total. The molecule has 8 heteroatoms. The van der Waals surface area contributed by atoms with Crippen molar-refractivity contribution in [1.29, 1.82) is 0 Å². The Morgan fingerprint density at radius 2 is 1.64 bits per heavy atom. The molecule has 3 aromatic carbocycles. The molecule has 0 radical (unpaired) electrons. The predicted octanol–water partition coefficient (Wildman–Crippen LogP) is 5.02. The molecule has 3 aromatic rings. The highest BCUT2D eigenvalue weighted by molar-refractivity contribution is 8.00. The lowest BCUT2D eigenvalue weighted by molar-refractivity contribution is -0.121. The standard InChI is InChI=1S/C25H22F2N2O3S/c26-25(27)32-19-12-10-18(11-13-19)24(17-6-2-1-3-7-17)28-22(30)14-15-29-20-8-4-5-9-21(20)33-16-23(29)31/h1-13,24-25H,14-16H2,(H,28,30). The first-order valence-electron chi connectivity index (χ1n) is 10.4. The summed E-state index contributed by atoms with van der Waals surface area (Å²) in [5.41, 5.74) is 2.40. The number of rotatable bonds is 8. The average Bonchev–Trinajstić information content (AvgIpc) is 2.83. The maximum Gasteiger partial charge on any atom is 0.387 e. The molecule has 0 fully saturated rings. The zero-order chi connectivity index (χ0) is 23.2. The Kier molecular flexibility index (Phi) is 7.24. The fraction of sp³-hybridized carbons (Fsp3) is 0.200. The maximum absolute atomic E-state index is 12.9. The summed E-state index contributed by atoms with van der Waals surface area (Å²) < 4.78 is 29.4. The summed E-state index contributed by atoms with van der Waals surface area (Å²) in [6.07, 6.45) is 0.126. The fourth-order valence-electron chi connectivity index (χ4n) is 3.69. The van der Waals surface area contributed by atoms with Crippen LogP contribution in [0, 0.1) is 0 Å². The lowest BCUT2D eigenvalue weighted by atomic mass is 9.98. The third kappa shape index (κ3) is 5.70. The van der Waals surface area contributed by atoms with Crippen LogP contribution < -0.4 is 15.0 Å². The highest BCUT2D eigenvalue weighted by Gasteiger charge is 2.25. The lowest BCUT2D eigenvalue weighted by Gasteiger charge is -2.29. The number of para-hydroxylation sites is 1. The van der Waals surface area contributed by atoms with Gasteiger partial charge < -0.3 is 15.0 Å². The SMILES string of the molecule is O=C(CCN1C(=O)CSc2ccccc21)NC(c1ccccc1)c1ccc(OC(F)F)cc1. The molecule has 0 aliphatic carbocycles. The molecule has 1 aliphatic rings. The number of benzene rings is 3. The zero-order valence-electron chi connectivity index (χ0n) is 17.6. The summed E-state index contributed by atoms with van der Waals surface area (Å²) in [5, 5.41) is 3.02. The Labute approximate surface area is 194 Å². The van der Waals surface area contributed by atoms with Crippen LogP contribution in [0.3, 0.4) is 0 Å². The minimum absolute atomic E-state index is 0.0271. The third-order valence-electron chi connectivity index (χ3n) is 5.25. The van der Waals surface area contributed by atoms with Crippen molar-refractivity contribution in [2.24, 2.45) is 0 Å². The summed E-state index contributed by atoms with van der Waals surface area (Å²) in [6, 6.07) is 22.7. The maximum atomic E-state index is 12.9. The zero-order valence-corrected chi connectivity index (χ0v) is 18.4. The molecular weight excluding hydrogens is 446 g/mol. The number of amides is 2. The molecule has 1 unspecified atom stereocenters. The normalized spacial score (nSPS) is 14.0. The van der Waals surface area contributed by atoms with Gasteiger partial charge in [-0.05, 0) is 35.4 Å². The molecule has 2 amide bonds. The second kappa shape index (κ2) is 10.5. The van der Waals surface area contributed by atoms with E-state index in [2.05, 4.69) is 10.1 Å². The summed E-state index contributed by atoms with van der Waals surface area (Å²) >= 11 is 1.50. The quantitative estimate of drug-likeness (QED) is 0.504. The second-order valence-electron chi connectivity index (χ2n) is 7.41. The number of ether oxygens (including phenoxy) is 1. The summed E-state index contributed by atoms with van der Waals surface area (Å²) in [5.74, 6) is 0.145. The van der Waals surface area contributed by atoms with Gasteiger partial charge in [-0.1, -0.05) is 54.6 Å². The van der Waals surface area contributed by atoms with Crippen LogP contribution in [0.15, 0.2) is 83.8 Å². The number of hydrogen-bond donors (Lipinski definition) is 1. The molecule has 4 rings (SSSR count). The first kappa shape index (κ1) is 22.8. The van der Waals surface area contributed by atoms with Crippen LogP contribution in [0.4, 0.5) is 14.5 Å². The fourth-order valence-corrected chi connectivity index (χ4v) is 4.63. The third-order valence-corrected chi connectivity index (χ3v) is 6.30. The largest absolute Gasteiger partial charge is 0.435 e. The van der Waals surface area contributed by atoms with Crippen LogP contribution in [-0.2, 0) is 9.59 Å². The molecule has 170 valence electrons. The topological polar surface area (TPSA) is 58.6 Å². The molecule has 1 aliphatic heterocycles. The number of fused-ring (bicyclic) bond motifs is 1. The molecule has 0 spiro atoms. The van der Waals surface area contributed by atoms with Crippen molar-refractivity contribution in [2.45, 2.75) is 24.0 Å². The molecule has 0 bridgehead atoms. The number of nitrogens with one attached hydrogen (secondary N) is 1. The number of alkyl halides is 2. The van der Waals surface area contributed by atoms with Gasteiger partial charge in [-0.3, -0.25) is 9.59 Å². The molecular formula is C25H22F2N2O3S. The number of halogens is 2. The van der Waals surface area contributed by atoms with E-state index < -0.39 is 12.7 Å². The molecule has 0 saturated heterocycles. The summed E-state index contributed by atoms with van der Waals surface area (Å²) in [4.78, 5) is 28.0. The summed E-state index contributed by atoms with van der Waals surface area (Å²) in [6.45, 7) is -2.63. The molecule has 1 heterocycles. The van der Waals surface area contributed by atoms with E-state index in [0.717, 1.165) is 21.7 Å². The first-order chi connectivity index (χ1) is 16.0. The van der Waals surface area contributed by atoms with Gasteiger partial charge in [0, 0.05) is 17.9 Å². The van der Waals surface area contributed by atoms with Crippen molar-refractivity contribution < 1.29 is 23.1 Å². The Bertz CT molecular complexity index is 1110. The predicted molar refractivity (Wildman–Crippen MR) is 124 cm³/mol. The van der Waals surface area contributed by atoms with Gasteiger partial charge in [0.15, 0.2) is 0 Å². The van der Waals surface area contributed by atoms with E-state index in [1.165, 1.54) is 23.9 Å². The van der Waals surface area contributed by atoms with Gasteiger partial charge in [0.1, 0.15) is 5.75 Å². The minimum Gasteiger partial charge on any atom is -0.435 e. The van der Waals surface area contributed by atoms with Gasteiger partial charge >= 0.3 is 6.61 Å². The van der Waals surface area contributed by atoms with Crippen LogP contribution in [0.5, 0.6) is 5.75 Å².